The Bertz CT molecular complexity index is 2120. The van der Waals surface area contributed by atoms with E-state index in [0.717, 1.165) is 17.2 Å². The van der Waals surface area contributed by atoms with Crippen molar-refractivity contribution in [1.82, 2.24) is 39.0 Å². The minimum Gasteiger partial charge on any atom is -0.387 e. The molecule has 0 radical (unpaired) electrons. The molecule has 10 N–H and O–H groups in total. The lowest BCUT2D eigenvalue weighted by Gasteiger charge is -2.26. The van der Waals surface area contributed by atoms with Crippen LogP contribution in [0.15, 0.2) is 23.8 Å². The standard InChI is InChI=1S/C22H31N10O16P3/c1-42-15-14(9(4-44-51(40,41)48-49(2,36)37)46-21(15)31-6-27-10-16(23)25-5-26-17(10)31)47-50(38,39)43-3-8-12(33)13(34)20(45-8)32-7-28-11-18(32)29-22(24)30-19(11)35/h5-9,12-15,20-21,33-34H,3-4H2,1-2H3,(H,36,37)(H,38,39)(H,40,41)(H2,23,25,26)(H3,24,29,30,35)/t8-,9-,12?,13+,14?,15+,20-,21-/m1/s1. The number of imidazole rings is 2. The second-order valence-corrected chi connectivity index (χ2v) is 16.0. The molecule has 2 saturated heterocycles. The number of aliphatic hydroxyl groups excluding tert-OH is 2. The van der Waals surface area contributed by atoms with Crippen molar-refractivity contribution in [3.8, 4) is 0 Å². The minimum absolute atomic E-state index is 0.0111. The number of aromatic nitrogens is 8. The molecular formula is C22H31N10O16P3. The molecule has 4 aromatic rings. The molecule has 0 saturated carbocycles. The normalized spacial score (nSPS) is 30.4. The molecule has 2 aliphatic heterocycles. The predicted molar refractivity (Wildman–Crippen MR) is 166 cm³/mol. The minimum atomic E-state index is -5.22. The van der Waals surface area contributed by atoms with Crippen molar-refractivity contribution < 1.29 is 70.7 Å². The number of phosphoric acid groups is 2. The first-order chi connectivity index (χ1) is 23.9. The van der Waals surface area contributed by atoms with Gasteiger partial charge >= 0.3 is 23.2 Å². The molecule has 0 amide bonds. The maximum Gasteiger partial charge on any atom is 0.479 e. The van der Waals surface area contributed by atoms with Crippen LogP contribution in [0.4, 0.5) is 11.8 Å². The third-order valence-electron chi connectivity index (χ3n) is 7.59. The third-order valence-corrected chi connectivity index (χ3v) is 11.1. The molecule has 2 aliphatic rings. The van der Waals surface area contributed by atoms with Gasteiger partial charge in [0.05, 0.1) is 25.9 Å². The molecule has 51 heavy (non-hydrogen) atoms. The van der Waals surface area contributed by atoms with Crippen molar-refractivity contribution in [3.63, 3.8) is 0 Å². The molecule has 6 heterocycles. The molecule has 29 heteroatoms. The van der Waals surface area contributed by atoms with Gasteiger partial charge in [0.1, 0.15) is 48.5 Å². The second kappa shape index (κ2) is 13.9. The van der Waals surface area contributed by atoms with Gasteiger partial charge in [-0.1, -0.05) is 0 Å². The molecule has 280 valence electrons. The van der Waals surface area contributed by atoms with Crippen LogP contribution in [0.25, 0.3) is 22.3 Å². The van der Waals surface area contributed by atoms with Gasteiger partial charge in [-0.3, -0.25) is 37.0 Å². The van der Waals surface area contributed by atoms with E-state index in [2.05, 4.69) is 34.2 Å². The number of rotatable bonds is 13. The number of nitrogens with zero attached hydrogens (tertiary/aromatic N) is 7. The monoisotopic (exact) mass is 784 g/mol. The Morgan fingerprint density at radius 1 is 0.863 bits per heavy atom. The van der Waals surface area contributed by atoms with Crippen LogP contribution in [0.2, 0.25) is 0 Å². The lowest BCUT2D eigenvalue weighted by molar-refractivity contribution is -0.0581. The Morgan fingerprint density at radius 3 is 2.18 bits per heavy atom. The Balaban J connectivity index is 1.21. The lowest BCUT2D eigenvalue weighted by Crippen LogP contribution is -2.38. The Labute approximate surface area is 284 Å². The van der Waals surface area contributed by atoms with Gasteiger partial charge in [-0.2, -0.15) is 4.98 Å². The Hall–Kier alpha value is -3.29. The molecular weight excluding hydrogens is 753 g/mol. The van der Waals surface area contributed by atoms with Crippen LogP contribution in [0.3, 0.4) is 0 Å². The molecule has 5 unspecified atom stereocenters. The van der Waals surface area contributed by atoms with Crippen molar-refractivity contribution in [2.45, 2.75) is 49.1 Å². The summed E-state index contributed by atoms with van der Waals surface area (Å²) >= 11 is 0. The van der Waals surface area contributed by atoms with E-state index >= 15 is 0 Å². The van der Waals surface area contributed by atoms with Gasteiger partial charge in [0.2, 0.25) is 5.95 Å². The third kappa shape index (κ3) is 7.76. The summed E-state index contributed by atoms with van der Waals surface area (Å²) in [5.41, 5.74) is 10.9. The lowest BCUT2D eigenvalue weighted by atomic mass is 10.1. The van der Waals surface area contributed by atoms with Gasteiger partial charge in [-0.15, -0.1) is 0 Å². The molecule has 0 aliphatic carbocycles. The van der Waals surface area contributed by atoms with Gasteiger partial charge in [0.15, 0.2) is 35.1 Å². The summed E-state index contributed by atoms with van der Waals surface area (Å²) in [7, 11) is -13.8. The second-order valence-electron chi connectivity index (χ2n) is 11.2. The van der Waals surface area contributed by atoms with Crippen LogP contribution in [0.5, 0.6) is 0 Å². The van der Waals surface area contributed by atoms with Crippen molar-refractivity contribution in [2.24, 2.45) is 0 Å². The molecule has 0 spiro atoms. The van der Waals surface area contributed by atoms with Gasteiger partial charge in [0, 0.05) is 13.8 Å². The van der Waals surface area contributed by atoms with Crippen LogP contribution in [-0.4, -0.2) is 128 Å². The van der Waals surface area contributed by atoms with Crippen LogP contribution < -0.4 is 17.0 Å². The molecule has 0 bridgehead atoms. The van der Waals surface area contributed by atoms with Gasteiger partial charge in [0.25, 0.3) is 5.56 Å². The summed E-state index contributed by atoms with van der Waals surface area (Å²) in [6.07, 6.45) is -8.56. The van der Waals surface area contributed by atoms with Gasteiger partial charge < -0.3 is 50.6 Å². The van der Waals surface area contributed by atoms with Crippen LogP contribution >= 0.6 is 23.2 Å². The number of methoxy groups -OCH3 is 1. The highest BCUT2D eigenvalue weighted by atomic mass is 31.3. The zero-order valence-corrected chi connectivity index (χ0v) is 28.8. The summed E-state index contributed by atoms with van der Waals surface area (Å²) in [6, 6.07) is 0. The maximum atomic E-state index is 13.3. The number of nitrogens with two attached hydrogens (primary N) is 2. The maximum absolute atomic E-state index is 13.3. The molecule has 0 aromatic carbocycles. The van der Waals surface area contributed by atoms with E-state index in [4.69, 9.17) is 39.2 Å². The van der Waals surface area contributed by atoms with Gasteiger partial charge in [-0.25, -0.2) is 33.4 Å². The first kappa shape index (κ1) is 37.5. The number of nitrogens with one attached hydrogen (secondary N) is 1. The molecule has 26 nitrogen and oxygen atoms in total. The number of hydrogen-bond donors (Lipinski definition) is 8. The number of aromatic amines is 1. The number of H-pyrrole nitrogens is 1. The Kier molecular flexibility index (Phi) is 10.2. The number of hydrogen-bond acceptors (Lipinski definition) is 20. The van der Waals surface area contributed by atoms with E-state index in [-0.39, 0.29) is 34.1 Å². The van der Waals surface area contributed by atoms with Crippen LogP contribution in [0.1, 0.15) is 12.5 Å². The van der Waals surface area contributed by atoms with Crippen LogP contribution in [-0.2, 0) is 45.8 Å². The van der Waals surface area contributed by atoms with Gasteiger partial charge in [-0.05, 0) is 0 Å². The van der Waals surface area contributed by atoms with E-state index in [1.54, 1.807) is 0 Å². The molecule has 11 atom stereocenters. The highest BCUT2D eigenvalue weighted by Crippen LogP contribution is 2.58. The first-order valence-electron chi connectivity index (χ1n) is 14.4. The first-order valence-corrected chi connectivity index (χ1v) is 19.4. The number of fused-ring (bicyclic) bond motifs is 2. The fraction of sp³-hybridized carbons (Fsp3) is 0.545. The number of phosphoric ester groups is 2. The number of aliphatic hydroxyl groups is 2. The number of anilines is 2. The van der Waals surface area contributed by atoms with E-state index < -0.39 is 91.1 Å². The number of nitrogen functional groups attached to an aromatic ring is 2. The van der Waals surface area contributed by atoms with Crippen molar-refractivity contribution in [2.75, 3.05) is 38.5 Å². The highest BCUT2D eigenvalue weighted by Gasteiger charge is 2.52. The summed E-state index contributed by atoms with van der Waals surface area (Å²) in [4.78, 5) is 64.6. The fourth-order valence-electron chi connectivity index (χ4n) is 5.46. The quantitative estimate of drug-likeness (QED) is 0.0687. The largest absolute Gasteiger partial charge is 0.479 e. The summed E-state index contributed by atoms with van der Waals surface area (Å²) < 4.78 is 76.5. The molecule has 6 rings (SSSR count). The zero-order valence-electron chi connectivity index (χ0n) is 26.1. The van der Waals surface area contributed by atoms with E-state index in [9.17, 15) is 43.4 Å². The summed E-state index contributed by atoms with van der Waals surface area (Å²) in [5, 5.41) is 21.4. The van der Waals surface area contributed by atoms with Crippen molar-refractivity contribution >= 4 is 57.3 Å². The van der Waals surface area contributed by atoms with Crippen molar-refractivity contribution in [1.29, 1.82) is 0 Å². The summed E-state index contributed by atoms with van der Waals surface area (Å²) in [5.74, 6) is -0.250. The van der Waals surface area contributed by atoms with E-state index in [1.807, 2.05) is 0 Å². The van der Waals surface area contributed by atoms with Crippen LogP contribution in [0, 0.1) is 0 Å². The van der Waals surface area contributed by atoms with E-state index in [0.29, 0.717) is 6.66 Å². The fourth-order valence-corrected chi connectivity index (χ4v) is 8.48. The van der Waals surface area contributed by atoms with Crippen molar-refractivity contribution in [3.05, 3.63) is 29.3 Å². The predicted octanol–water partition coefficient (Wildman–Crippen LogP) is -1.89. The number of ether oxygens (including phenoxy) is 3. The summed E-state index contributed by atoms with van der Waals surface area (Å²) in [6.45, 7) is -1.15. The average Bonchev–Trinajstić information content (AvgIpc) is 3.79. The van der Waals surface area contributed by atoms with E-state index in [1.165, 1.54) is 18.0 Å². The molecule has 2 fully saturated rings. The zero-order chi connectivity index (χ0) is 37.0. The SMILES string of the molecule is CO[C@H]1C(OP(=O)(O)OC[C@H]2O[C@@H](n3cnc4c(=O)[nH]c(N)nc43)[C@@H](O)C2O)[C@@H](COP(=O)(O)OP(C)(=O)O)O[C@H]1n1cnc2c(N)ncnc21. The average molecular weight is 784 g/mol. The highest BCUT2D eigenvalue weighted by molar-refractivity contribution is 7.63. The Morgan fingerprint density at radius 2 is 1.49 bits per heavy atom. The molecule has 4 aromatic heterocycles. The smallest absolute Gasteiger partial charge is 0.387 e. The topological polar surface area (TPSA) is 376 Å².